The molecular formula is C20H17N3O2S. The topological polar surface area (TPSA) is 52.1 Å². The minimum absolute atomic E-state index is 0.303. The number of hydrogen-bond donors (Lipinski definition) is 1. The molecule has 0 unspecified atom stereocenters. The molecule has 130 valence electrons. The van der Waals surface area contributed by atoms with Crippen LogP contribution in [0.1, 0.15) is 5.82 Å². The summed E-state index contributed by atoms with van der Waals surface area (Å²) < 4.78 is 13.5. The molecule has 0 bridgehead atoms. The Balaban J connectivity index is 1.59. The largest absolute Gasteiger partial charge is 0.497 e. The second kappa shape index (κ2) is 7.01. The number of H-pyrrole nitrogens is 1. The van der Waals surface area contributed by atoms with Crippen LogP contribution in [-0.2, 0) is 6.61 Å². The highest BCUT2D eigenvalue weighted by molar-refractivity contribution is 7.71. The molecular weight excluding hydrogens is 346 g/mol. The molecule has 4 rings (SSSR count). The van der Waals surface area contributed by atoms with Crippen molar-refractivity contribution in [2.75, 3.05) is 7.11 Å². The van der Waals surface area contributed by atoms with E-state index in [0.717, 1.165) is 22.6 Å². The Morgan fingerprint density at radius 3 is 2.46 bits per heavy atom. The zero-order chi connectivity index (χ0) is 17.9. The lowest BCUT2D eigenvalue weighted by atomic mass is 10.1. The first-order valence-electron chi connectivity index (χ1n) is 8.17. The van der Waals surface area contributed by atoms with Gasteiger partial charge >= 0.3 is 0 Å². The summed E-state index contributed by atoms with van der Waals surface area (Å²) >= 11 is 5.37. The normalized spacial score (nSPS) is 10.8. The molecule has 0 aliphatic heterocycles. The molecule has 1 aromatic heterocycles. The molecule has 0 aliphatic rings. The van der Waals surface area contributed by atoms with E-state index in [9.17, 15) is 0 Å². The molecule has 26 heavy (non-hydrogen) atoms. The van der Waals surface area contributed by atoms with E-state index in [1.54, 1.807) is 7.11 Å². The number of ether oxygens (including phenoxy) is 2. The Morgan fingerprint density at radius 1 is 0.962 bits per heavy atom. The Labute approximate surface area is 155 Å². The molecule has 0 spiro atoms. The molecule has 0 aliphatic carbocycles. The first-order valence-corrected chi connectivity index (χ1v) is 8.58. The summed E-state index contributed by atoms with van der Waals surface area (Å²) in [6, 6.07) is 21.9. The SMILES string of the molecule is COc1ccc(-n2c(COc3ccc4ccccc4c3)n[nH]c2=S)cc1. The molecule has 0 saturated heterocycles. The molecule has 0 radical (unpaired) electrons. The van der Waals surface area contributed by atoms with Gasteiger partial charge in [0, 0.05) is 0 Å². The van der Waals surface area contributed by atoms with Crippen LogP contribution < -0.4 is 9.47 Å². The van der Waals surface area contributed by atoms with E-state index in [1.807, 2.05) is 59.2 Å². The van der Waals surface area contributed by atoms with E-state index < -0.39 is 0 Å². The number of fused-ring (bicyclic) bond motifs is 1. The van der Waals surface area contributed by atoms with E-state index in [0.29, 0.717) is 17.2 Å². The number of hydrogen-bond acceptors (Lipinski definition) is 4. The van der Waals surface area contributed by atoms with Crippen molar-refractivity contribution in [3.05, 3.63) is 77.3 Å². The van der Waals surface area contributed by atoms with Crippen LogP contribution in [0.25, 0.3) is 16.5 Å². The summed E-state index contributed by atoms with van der Waals surface area (Å²) in [5, 5.41) is 9.46. The molecule has 6 heteroatoms. The Bertz CT molecular complexity index is 1100. The molecule has 0 saturated carbocycles. The predicted molar refractivity (Wildman–Crippen MR) is 104 cm³/mol. The summed E-state index contributed by atoms with van der Waals surface area (Å²) in [5.74, 6) is 2.28. The first kappa shape index (κ1) is 16.4. The number of benzene rings is 3. The molecule has 1 heterocycles. The van der Waals surface area contributed by atoms with Crippen molar-refractivity contribution in [3.63, 3.8) is 0 Å². The van der Waals surface area contributed by atoms with Gasteiger partial charge in [0.05, 0.1) is 12.8 Å². The van der Waals surface area contributed by atoms with Crippen LogP contribution in [0.4, 0.5) is 0 Å². The number of nitrogens with one attached hydrogen (secondary N) is 1. The van der Waals surface area contributed by atoms with Crippen molar-refractivity contribution in [1.82, 2.24) is 14.8 Å². The van der Waals surface area contributed by atoms with Gasteiger partial charge in [0.2, 0.25) is 0 Å². The average Bonchev–Trinajstić information content (AvgIpc) is 3.06. The van der Waals surface area contributed by atoms with Gasteiger partial charge in [-0.25, -0.2) is 0 Å². The maximum absolute atomic E-state index is 5.95. The van der Waals surface area contributed by atoms with E-state index in [4.69, 9.17) is 21.7 Å². The van der Waals surface area contributed by atoms with Gasteiger partial charge in [-0.1, -0.05) is 30.3 Å². The van der Waals surface area contributed by atoms with Gasteiger partial charge in [-0.2, -0.15) is 5.10 Å². The maximum atomic E-state index is 5.95. The number of aromatic nitrogens is 3. The first-order chi connectivity index (χ1) is 12.7. The van der Waals surface area contributed by atoms with Crippen molar-refractivity contribution < 1.29 is 9.47 Å². The van der Waals surface area contributed by atoms with Crippen LogP contribution in [0.15, 0.2) is 66.7 Å². The molecule has 3 aromatic carbocycles. The molecule has 0 atom stereocenters. The summed E-state index contributed by atoms with van der Waals surface area (Å²) in [4.78, 5) is 0. The lowest BCUT2D eigenvalue weighted by molar-refractivity contribution is 0.293. The Kier molecular flexibility index (Phi) is 4.41. The highest BCUT2D eigenvalue weighted by Gasteiger charge is 2.10. The summed E-state index contributed by atoms with van der Waals surface area (Å²) in [6.07, 6.45) is 0. The average molecular weight is 363 g/mol. The van der Waals surface area contributed by atoms with Crippen molar-refractivity contribution in [2.24, 2.45) is 0 Å². The van der Waals surface area contributed by atoms with Crippen molar-refractivity contribution in [2.45, 2.75) is 6.61 Å². The fourth-order valence-electron chi connectivity index (χ4n) is 2.83. The second-order valence-corrected chi connectivity index (χ2v) is 6.16. The van der Waals surface area contributed by atoms with E-state index in [-0.39, 0.29) is 0 Å². The van der Waals surface area contributed by atoms with Gasteiger partial charge in [-0.3, -0.25) is 9.67 Å². The fourth-order valence-corrected chi connectivity index (χ4v) is 3.09. The third kappa shape index (κ3) is 3.19. The van der Waals surface area contributed by atoms with Crippen LogP contribution in [0.3, 0.4) is 0 Å². The quantitative estimate of drug-likeness (QED) is 0.524. The summed E-state index contributed by atoms with van der Waals surface area (Å²) in [5.41, 5.74) is 0.904. The van der Waals surface area contributed by atoms with E-state index in [2.05, 4.69) is 22.3 Å². The third-order valence-electron chi connectivity index (χ3n) is 4.16. The summed E-state index contributed by atoms with van der Waals surface area (Å²) in [6.45, 7) is 0.303. The van der Waals surface area contributed by atoms with Crippen LogP contribution in [0.5, 0.6) is 11.5 Å². The fraction of sp³-hybridized carbons (Fsp3) is 0.100. The lowest BCUT2D eigenvalue weighted by Gasteiger charge is -2.10. The van der Waals surface area contributed by atoms with Crippen LogP contribution >= 0.6 is 12.2 Å². The minimum Gasteiger partial charge on any atom is -0.497 e. The van der Waals surface area contributed by atoms with Crippen LogP contribution in [-0.4, -0.2) is 21.9 Å². The Morgan fingerprint density at radius 2 is 1.69 bits per heavy atom. The number of aromatic amines is 1. The monoisotopic (exact) mass is 363 g/mol. The highest BCUT2D eigenvalue weighted by atomic mass is 32.1. The second-order valence-electron chi connectivity index (χ2n) is 5.78. The van der Waals surface area contributed by atoms with E-state index >= 15 is 0 Å². The number of methoxy groups -OCH3 is 1. The van der Waals surface area contributed by atoms with Gasteiger partial charge in [0.25, 0.3) is 0 Å². The standard InChI is InChI=1S/C20H17N3O2S/c1-24-17-10-7-16(8-11-17)23-19(21-22-20(23)26)13-25-18-9-6-14-4-2-3-5-15(14)12-18/h2-12H,13H2,1H3,(H,22,26). The van der Waals surface area contributed by atoms with Gasteiger partial charge in [-0.05, 0) is 59.4 Å². The van der Waals surface area contributed by atoms with Crippen molar-refractivity contribution in [1.29, 1.82) is 0 Å². The zero-order valence-corrected chi connectivity index (χ0v) is 15.0. The van der Waals surface area contributed by atoms with Crippen molar-refractivity contribution in [3.8, 4) is 17.2 Å². The third-order valence-corrected chi connectivity index (χ3v) is 4.44. The highest BCUT2D eigenvalue weighted by Crippen LogP contribution is 2.22. The minimum atomic E-state index is 0.303. The van der Waals surface area contributed by atoms with Gasteiger partial charge < -0.3 is 9.47 Å². The summed E-state index contributed by atoms with van der Waals surface area (Å²) in [7, 11) is 1.64. The Hall–Kier alpha value is -3.12. The van der Waals surface area contributed by atoms with Gasteiger partial charge in [0.15, 0.2) is 10.6 Å². The smallest absolute Gasteiger partial charge is 0.199 e. The van der Waals surface area contributed by atoms with E-state index in [1.165, 1.54) is 5.39 Å². The van der Waals surface area contributed by atoms with Crippen molar-refractivity contribution >= 4 is 23.0 Å². The van der Waals surface area contributed by atoms with Crippen LogP contribution in [0, 0.1) is 4.77 Å². The number of nitrogens with zero attached hydrogens (tertiary/aromatic N) is 2. The molecule has 4 aromatic rings. The predicted octanol–water partition coefficient (Wildman–Crippen LogP) is 4.67. The number of rotatable bonds is 5. The van der Waals surface area contributed by atoms with Gasteiger partial charge in [0.1, 0.15) is 18.1 Å². The van der Waals surface area contributed by atoms with Crippen LogP contribution in [0.2, 0.25) is 0 Å². The maximum Gasteiger partial charge on any atom is 0.199 e. The molecule has 0 fully saturated rings. The lowest BCUT2D eigenvalue weighted by Crippen LogP contribution is -2.05. The zero-order valence-electron chi connectivity index (χ0n) is 14.2. The molecule has 0 amide bonds. The van der Waals surface area contributed by atoms with Gasteiger partial charge in [-0.15, -0.1) is 0 Å². The molecule has 5 nitrogen and oxygen atoms in total. The molecule has 1 N–H and O–H groups in total.